The minimum Gasteiger partial charge on any atom is -0.488 e. The van der Waals surface area contributed by atoms with Gasteiger partial charge in [-0.05, 0) is 56.0 Å². The van der Waals surface area contributed by atoms with Gasteiger partial charge in [0, 0.05) is 12.6 Å². The summed E-state index contributed by atoms with van der Waals surface area (Å²) >= 11 is 3.49. The predicted molar refractivity (Wildman–Crippen MR) is 99.2 cm³/mol. The SMILES string of the molecule is CC(C)c1cccc(-n2nnn(C)c2=O)c1COc1ccccc1Br. The predicted octanol–water partition coefficient (Wildman–Crippen LogP) is 3.43. The molecule has 0 radical (unpaired) electrons. The molecule has 7 heteroatoms. The van der Waals surface area contributed by atoms with Gasteiger partial charge in [0.1, 0.15) is 12.4 Å². The van der Waals surface area contributed by atoms with Crippen LogP contribution >= 0.6 is 15.9 Å². The Hall–Kier alpha value is -2.41. The number of tetrazole rings is 1. The third kappa shape index (κ3) is 3.51. The van der Waals surface area contributed by atoms with Crippen LogP contribution in [-0.2, 0) is 13.7 Å². The number of rotatable bonds is 5. The highest BCUT2D eigenvalue weighted by Crippen LogP contribution is 2.29. The van der Waals surface area contributed by atoms with Gasteiger partial charge >= 0.3 is 5.69 Å². The average molecular weight is 403 g/mol. The van der Waals surface area contributed by atoms with Crippen LogP contribution in [0.4, 0.5) is 0 Å². The standard InChI is InChI=1S/C18H19BrN4O2/c1-12(2)13-7-6-9-16(23-18(24)22(3)20-21-23)14(13)11-25-17-10-5-4-8-15(17)19/h4-10,12H,11H2,1-3H3. The van der Waals surface area contributed by atoms with E-state index in [1.165, 1.54) is 9.36 Å². The van der Waals surface area contributed by atoms with Gasteiger partial charge in [-0.25, -0.2) is 4.79 Å². The number of hydrogen-bond acceptors (Lipinski definition) is 4. The Kier molecular flexibility index (Phi) is 5.03. The molecule has 1 heterocycles. The Labute approximate surface area is 154 Å². The number of ether oxygens (including phenoxy) is 1. The van der Waals surface area contributed by atoms with E-state index in [1.807, 2.05) is 42.5 Å². The van der Waals surface area contributed by atoms with E-state index in [9.17, 15) is 4.79 Å². The van der Waals surface area contributed by atoms with Gasteiger partial charge in [-0.3, -0.25) is 0 Å². The fourth-order valence-corrected chi connectivity index (χ4v) is 3.06. The molecule has 25 heavy (non-hydrogen) atoms. The van der Waals surface area contributed by atoms with Crippen molar-refractivity contribution in [2.45, 2.75) is 26.4 Å². The van der Waals surface area contributed by atoms with E-state index in [1.54, 1.807) is 7.05 Å². The van der Waals surface area contributed by atoms with Crippen molar-refractivity contribution in [2.24, 2.45) is 7.05 Å². The normalized spacial score (nSPS) is 11.1. The van der Waals surface area contributed by atoms with Gasteiger partial charge < -0.3 is 4.74 Å². The Morgan fingerprint density at radius 1 is 1.12 bits per heavy atom. The summed E-state index contributed by atoms with van der Waals surface area (Å²) in [5.41, 5.74) is 2.44. The number of benzene rings is 2. The van der Waals surface area contributed by atoms with Crippen molar-refractivity contribution in [2.75, 3.05) is 0 Å². The first-order valence-corrected chi connectivity index (χ1v) is 8.77. The van der Waals surface area contributed by atoms with Crippen LogP contribution in [0, 0.1) is 0 Å². The Morgan fingerprint density at radius 2 is 1.88 bits per heavy atom. The zero-order valence-electron chi connectivity index (χ0n) is 14.3. The fraction of sp³-hybridized carbons (Fsp3) is 0.278. The molecule has 6 nitrogen and oxygen atoms in total. The van der Waals surface area contributed by atoms with Gasteiger partial charge in [0.05, 0.1) is 10.2 Å². The largest absolute Gasteiger partial charge is 0.488 e. The van der Waals surface area contributed by atoms with E-state index in [4.69, 9.17) is 4.74 Å². The summed E-state index contributed by atoms with van der Waals surface area (Å²) in [4.78, 5) is 12.3. The minimum atomic E-state index is -0.289. The van der Waals surface area contributed by atoms with Gasteiger partial charge in [-0.2, -0.15) is 9.36 Å². The van der Waals surface area contributed by atoms with Crippen LogP contribution in [0.3, 0.4) is 0 Å². The summed E-state index contributed by atoms with van der Waals surface area (Å²) in [6.45, 7) is 4.55. The maximum atomic E-state index is 12.3. The van der Waals surface area contributed by atoms with Gasteiger partial charge in [0.15, 0.2) is 0 Å². The van der Waals surface area contributed by atoms with Crippen LogP contribution in [0.25, 0.3) is 5.69 Å². The van der Waals surface area contributed by atoms with Crippen molar-refractivity contribution < 1.29 is 4.74 Å². The molecule has 0 saturated carbocycles. The molecule has 3 aromatic rings. The summed E-state index contributed by atoms with van der Waals surface area (Å²) in [6.07, 6.45) is 0. The zero-order valence-corrected chi connectivity index (χ0v) is 15.9. The lowest BCUT2D eigenvalue weighted by atomic mass is 9.96. The topological polar surface area (TPSA) is 61.9 Å². The van der Waals surface area contributed by atoms with Crippen molar-refractivity contribution in [3.8, 4) is 11.4 Å². The molecule has 0 atom stereocenters. The summed E-state index contributed by atoms with van der Waals surface area (Å²) in [7, 11) is 1.58. The highest BCUT2D eigenvalue weighted by atomic mass is 79.9. The summed E-state index contributed by atoms with van der Waals surface area (Å²) in [5.74, 6) is 1.03. The second-order valence-electron chi connectivity index (χ2n) is 6.02. The molecule has 1 aromatic heterocycles. The van der Waals surface area contributed by atoms with E-state index in [0.717, 1.165) is 21.3 Å². The molecule has 0 fully saturated rings. The first kappa shape index (κ1) is 17.4. The van der Waals surface area contributed by atoms with E-state index in [2.05, 4.69) is 40.2 Å². The quantitative estimate of drug-likeness (QED) is 0.655. The molecule has 0 aliphatic carbocycles. The van der Waals surface area contributed by atoms with Crippen LogP contribution < -0.4 is 10.4 Å². The second kappa shape index (κ2) is 7.23. The summed E-state index contributed by atoms with van der Waals surface area (Å²) < 4.78 is 9.41. The fourth-order valence-electron chi connectivity index (χ4n) is 2.67. The van der Waals surface area contributed by atoms with E-state index in [0.29, 0.717) is 12.3 Å². The Balaban J connectivity index is 2.05. The third-order valence-corrected chi connectivity index (χ3v) is 4.62. The lowest BCUT2D eigenvalue weighted by Crippen LogP contribution is -2.23. The van der Waals surface area contributed by atoms with Crippen LogP contribution in [0.15, 0.2) is 51.7 Å². The van der Waals surface area contributed by atoms with Gasteiger partial charge in [-0.1, -0.05) is 38.1 Å². The molecule has 0 aliphatic rings. The number of para-hydroxylation sites is 1. The number of nitrogens with zero attached hydrogens (tertiary/aromatic N) is 4. The molecule has 130 valence electrons. The Bertz CT molecular complexity index is 946. The first-order valence-electron chi connectivity index (χ1n) is 7.97. The minimum absolute atomic E-state index is 0.283. The van der Waals surface area contributed by atoms with E-state index in [-0.39, 0.29) is 11.6 Å². The molecule has 3 rings (SSSR count). The molecule has 0 unspecified atom stereocenters. The molecule has 2 aromatic carbocycles. The van der Waals surface area contributed by atoms with Gasteiger partial charge in [-0.15, -0.1) is 0 Å². The third-order valence-electron chi connectivity index (χ3n) is 3.97. The van der Waals surface area contributed by atoms with Crippen molar-refractivity contribution >= 4 is 15.9 Å². The number of halogens is 1. The molecule has 0 N–H and O–H groups in total. The summed E-state index contributed by atoms with van der Waals surface area (Å²) in [6, 6.07) is 13.5. The van der Waals surface area contributed by atoms with Crippen molar-refractivity contribution in [1.82, 2.24) is 19.8 Å². The molecule has 0 aliphatic heterocycles. The number of aryl methyl sites for hydroxylation is 1. The highest BCUT2D eigenvalue weighted by molar-refractivity contribution is 9.10. The Morgan fingerprint density at radius 3 is 2.52 bits per heavy atom. The zero-order chi connectivity index (χ0) is 18.0. The molecule has 0 spiro atoms. The molecular formula is C18H19BrN4O2. The number of aromatic nitrogens is 4. The van der Waals surface area contributed by atoms with Crippen molar-refractivity contribution in [3.63, 3.8) is 0 Å². The lowest BCUT2D eigenvalue weighted by molar-refractivity contribution is 0.302. The van der Waals surface area contributed by atoms with Crippen molar-refractivity contribution in [3.05, 3.63) is 68.5 Å². The molecule has 0 bridgehead atoms. The molecule has 0 saturated heterocycles. The maximum Gasteiger partial charge on any atom is 0.368 e. The first-order chi connectivity index (χ1) is 12.0. The van der Waals surface area contributed by atoms with Gasteiger partial charge in [0.2, 0.25) is 0 Å². The molecular weight excluding hydrogens is 384 g/mol. The average Bonchev–Trinajstić information content (AvgIpc) is 2.93. The van der Waals surface area contributed by atoms with E-state index >= 15 is 0 Å². The van der Waals surface area contributed by atoms with E-state index < -0.39 is 0 Å². The summed E-state index contributed by atoms with van der Waals surface area (Å²) in [5, 5.41) is 7.78. The van der Waals surface area contributed by atoms with Crippen LogP contribution in [0.5, 0.6) is 5.75 Å². The van der Waals surface area contributed by atoms with Gasteiger partial charge in [0.25, 0.3) is 0 Å². The lowest BCUT2D eigenvalue weighted by Gasteiger charge is -2.17. The maximum absolute atomic E-state index is 12.3. The van der Waals surface area contributed by atoms with Crippen LogP contribution in [0.1, 0.15) is 30.9 Å². The second-order valence-corrected chi connectivity index (χ2v) is 6.87. The van der Waals surface area contributed by atoms with Crippen molar-refractivity contribution in [1.29, 1.82) is 0 Å². The monoisotopic (exact) mass is 402 g/mol. The number of hydrogen-bond donors (Lipinski definition) is 0. The highest BCUT2D eigenvalue weighted by Gasteiger charge is 2.17. The smallest absolute Gasteiger partial charge is 0.368 e. The van der Waals surface area contributed by atoms with Crippen LogP contribution in [-0.4, -0.2) is 19.8 Å². The molecule has 0 amide bonds. The van der Waals surface area contributed by atoms with Crippen LogP contribution in [0.2, 0.25) is 0 Å².